The lowest BCUT2D eigenvalue weighted by molar-refractivity contribution is -0.143. The SMILES string of the molecule is COC1CN(C(=O)C2(N)CCCC(C)C2)CCC1C. The highest BCUT2D eigenvalue weighted by atomic mass is 16.5. The monoisotopic (exact) mass is 268 g/mol. The maximum absolute atomic E-state index is 12.7. The van der Waals surface area contributed by atoms with E-state index >= 15 is 0 Å². The van der Waals surface area contributed by atoms with Gasteiger partial charge in [-0.3, -0.25) is 4.79 Å². The highest BCUT2D eigenvalue weighted by molar-refractivity contribution is 5.86. The Morgan fingerprint density at radius 2 is 2.11 bits per heavy atom. The minimum absolute atomic E-state index is 0.146. The van der Waals surface area contributed by atoms with E-state index in [1.165, 1.54) is 6.42 Å². The van der Waals surface area contributed by atoms with Crippen molar-refractivity contribution in [1.82, 2.24) is 4.90 Å². The van der Waals surface area contributed by atoms with Gasteiger partial charge in [-0.05, 0) is 31.1 Å². The molecule has 4 heteroatoms. The van der Waals surface area contributed by atoms with Crippen molar-refractivity contribution >= 4 is 5.91 Å². The average molecular weight is 268 g/mol. The summed E-state index contributed by atoms with van der Waals surface area (Å²) in [6.07, 6.45) is 5.10. The molecule has 1 aliphatic carbocycles. The largest absolute Gasteiger partial charge is 0.379 e. The lowest BCUT2D eigenvalue weighted by atomic mass is 9.76. The van der Waals surface area contributed by atoms with Crippen molar-refractivity contribution in [2.75, 3.05) is 20.2 Å². The van der Waals surface area contributed by atoms with Gasteiger partial charge in [0, 0.05) is 20.2 Å². The van der Waals surface area contributed by atoms with E-state index in [2.05, 4.69) is 13.8 Å². The molecule has 2 aliphatic rings. The lowest BCUT2D eigenvalue weighted by Gasteiger charge is -2.43. The Balaban J connectivity index is 2.02. The summed E-state index contributed by atoms with van der Waals surface area (Å²) in [5, 5.41) is 0. The van der Waals surface area contributed by atoms with Gasteiger partial charge in [-0.15, -0.1) is 0 Å². The molecule has 110 valence electrons. The van der Waals surface area contributed by atoms with E-state index in [0.29, 0.717) is 18.4 Å². The fraction of sp³-hybridized carbons (Fsp3) is 0.933. The standard InChI is InChI=1S/C15H28N2O2/c1-11-5-4-7-15(16,9-11)14(18)17-8-6-12(2)13(10-17)19-3/h11-13H,4-10,16H2,1-3H3. The predicted octanol–water partition coefficient (Wildman–Crippen LogP) is 1.78. The highest BCUT2D eigenvalue weighted by Crippen LogP contribution is 2.33. The number of carbonyl (C=O) groups is 1. The third kappa shape index (κ3) is 3.11. The van der Waals surface area contributed by atoms with E-state index in [9.17, 15) is 4.79 Å². The van der Waals surface area contributed by atoms with Crippen LogP contribution in [0.25, 0.3) is 0 Å². The summed E-state index contributed by atoms with van der Waals surface area (Å²) in [4.78, 5) is 14.7. The Kier molecular flexibility index (Phi) is 4.51. The summed E-state index contributed by atoms with van der Waals surface area (Å²) >= 11 is 0. The van der Waals surface area contributed by atoms with Crippen LogP contribution in [0.15, 0.2) is 0 Å². The number of amides is 1. The van der Waals surface area contributed by atoms with E-state index in [1.807, 2.05) is 4.90 Å². The summed E-state index contributed by atoms with van der Waals surface area (Å²) in [6, 6.07) is 0. The van der Waals surface area contributed by atoms with Crippen LogP contribution in [0.3, 0.4) is 0 Å². The lowest BCUT2D eigenvalue weighted by Crippen LogP contribution is -2.60. The molecule has 0 bridgehead atoms. The van der Waals surface area contributed by atoms with E-state index in [4.69, 9.17) is 10.5 Å². The number of piperidine rings is 1. The zero-order valence-corrected chi connectivity index (χ0v) is 12.5. The van der Waals surface area contributed by atoms with Gasteiger partial charge in [0.2, 0.25) is 5.91 Å². The normalized spacial score (nSPS) is 40.2. The van der Waals surface area contributed by atoms with Crippen molar-refractivity contribution in [2.45, 2.75) is 57.6 Å². The summed E-state index contributed by atoms with van der Waals surface area (Å²) in [6.45, 7) is 5.91. The molecule has 2 N–H and O–H groups in total. The molecular formula is C15H28N2O2. The molecule has 19 heavy (non-hydrogen) atoms. The number of ether oxygens (including phenoxy) is 1. The van der Waals surface area contributed by atoms with Crippen molar-refractivity contribution in [3.8, 4) is 0 Å². The first-order chi connectivity index (χ1) is 8.96. The first kappa shape index (κ1) is 14.8. The van der Waals surface area contributed by atoms with Crippen molar-refractivity contribution in [2.24, 2.45) is 17.6 Å². The van der Waals surface area contributed by atoms with Crippen LogP contribution in [0, 0.1) is 11.8 Å². The van der Waals surface area contributed by atoms with Gasteiger partial charge in [0.25, 0.3) is 0 Å². The molecule has 1 saturated carbocycles. The minimum atomic E-state index is -0.628. The van der Waals surface area contributed by atoms with Crippen molar-refractivity contribution in [1.29, 1.82) is 0 Å². The van der Waals surface area contributed by atoms with Gasteiger partial charge < -0.3 is 15.4 Å². The first-order valence-corrected chi connectivity index (χ1v) is 7.57. The molecule has 1 aliphatic heterocycles. The van der Waals surface area contributed by atoms with E-state index in [-0.39, 0.29) is 12.0 Å². The van der Waals surface area contributed by atoms with Crippen molar-refractivity contribution in [3.63, 3.8) is 0 Å². The molecule has 0 aromatic carbocycles. The third-order valence-electron chi connectivity index (χ3n) is 4.94. The Labute approximate surface area is 116 Å². The van der Waals surface area contributed by atoms with E-state index in [1.54, 1.807) is 7.11 Å². The molecule has 4 nitrogen and oxygen atoms in total. The first-order valence-electron chi connectivity index (χ1n) is 7.57. The smallest absolute Gasteiger partial charge is 0.242 e. The van der Waals surface area contributed by atoms with Crippen LogP contribution in [0.2, 0.25) is 0 Å². The Hall–Kier alpha value is -0.610. The van der Waals surface area contributed by atoms with Gasteiger partial charge in [-0.25, -0.2) is 0 Å². The number of rotatable bonds is 2. The summed E-state index contributed by atoms with van der Waals surface area (Å²) in [5.41, 5.74) is 5.78. The molecule has 1 heterocycles. The van der Waals surface area contributed by atoms with E-state index in [0.717, 1.165) is 32.2 Å². The van der Waals surface area contributed by atoms with Gasteiger partial charge in [-0.2, -0.15) is 0 Å². The number of hydrogen-bond acceptors (Lipinski definition) is 3. The molecule has 4 atom stereocenters. The predicted molar refractivity (Wildman–Crippen MR) is 75.7 cm³/mol. The van der Waals surface area contributed by atoms with Crippen LogP contribution in [0.1, 0.15) is 46.0 Å². The minimum Gasteiger partial charge on any atom is -0.379 e. The molecule has 1 amide bonds. The van der Waals surface area contributed by atoms with Gasteiger partial charge in [0.15, 0.2) is 0 Å². The number of likely N-dealkylation sites (tertiary alicyclic amines) is 1. The van der Waals surface area contributed by atoms with Crippen LogP contribution >= 0.6 is 0 Å². The third-order valence-corrected chi connectivity index (χ3v) is 4.94. The molecule has 0 aromatic rings. The topological polar surface area (TPSA) is 55.6 Å². The molecule has 0 aromatic heterocycles. The van der Waals surface area contributed by atoms with Crippen LogP contribution in [-0.4, -0.2) is 42.6 Å². The van der Waals surface area contributed by atoms with Crippen molar-refractivity contribution < 1.29 is 9.53 Å². The quantitative estimate of drug-likeness (QED) is 0.830. The summed E-state index contributed by atoms with van der Waals surface area (Å²) in [5.74, 6) is 1.23. The summed E-state index contributed by atoms with van der Waals surface area (Å²) < 4.78 is 5.49. The number of nitrogens with zero attached hydrogens (tertiary/aromatic N) is 1. The Morgan fingerprint density at radius 3 is 2.74 bits per heavy atom. The molecule has 1 saturated heterocycles. The van der Waals surface area contributed by atoms with Gasteiger partial charge in [-0.1, -0.05) is 26.7 Å². The highest BCUT2D eigenvalue weighted by Gasteiger charge is 2.42. The second-order valence-electron chi connectivity index (χ2n) is 6.65. The fourth-order valence-corrected chi connectivity index (χ4v) is 3.63. The van der Waals surface area contributed by atoms with E-state index < -0.39 is 5.54 Å². The molecule has 0 spiro atoms. The zero-order valence-electron chi connectivity index (χ0n) is 12.5. The number of nitrogens with two attached hydrogens (primary N) is 1. The Morgan fingerprint density at radius 1 is 1.37 bits per heavy atom. The number of carbonyl (C=O) groups excluding carboxylic acids is 1. The average Bonchev–Trinajstić information content (AvgIpc) is 2.38. The van der Waals surface area contributed by atoms with Gasteiger partial charge >= 0.3 is 0 Å². The number of methoxy groups -OCH3 is 1. The molecule has 0 radical (unpaired) electrons. The summed E-state index contributed by atoms with van der Waals surface area (Å²) in [7, 11) is 1.73. The number of hydrogen-bond donors (Lipinski definition) is 1. The molecule has 4 unspecified atom stereocenters. The van der Waals surface area contributed by atoms with Crippen LogP contribution < -0.4 is 5.73 Å². The van der Waals surface area contributed by atoms with Crippen LogP contribution in [0.5, 0.6) is 0 Å². The second kappa shape index (κ2) is 5.80. The fourth-order valence-electron chi connectivity index (χ4n) is 3.63. The van der Waals surface area contributed by atoms with Gasteiger partial charge in [0.1, 0.15) is 0 Å². The van der Waals surface area contributed by atoms with Crippen LogP contribution in [-0.2, 0) is 9.53 Å². The maximum Gasteiger partial charge on any atom is 0.242 e. The second-order valence-corrected chi connectivity index (χ2v) is 6.65. The van der Waals surface area contributed by atoms with Gasteiger partial charge in [0.05, 0.1) is 11.6 Å². The van der Waals surface area contributed by atoms with Crippen molar-refractivity contribution in [3.05, 3.63) is 0 Å². The molecular weight excluding hydrogens is 240 g/mol. The molecule has 2 rings (SSSR count). The zero-order chi connectivity index (χ0) is 14.0. The maximum atomic E-state index is 12.7. The molecule has 2 fully saturated rings. The Bertz CT molecular complexity index is 334. The van der Waals surface area contributed by atoms with Crippen LogP contribution in [0.4, 0.5) is 0 Å².